The largest absolute Gasteiger partial charge is 0.395 e. The van der Waals surface area contributed by atoms with Crippen LogP contribution in [0.1, 0.15) is 111 Å². The van der Waals surface area contributed by atoms with Gasteiger partial charge < -0.3 is 45.4 Å². The van der Waals surface area contributed by atoms with Crippen molar-refractivity contribution in [3.05, 3.63) is 0 Å². The van der Waals surface area contributed by atoms with Gasteiger partial charge in [0.25, 0.3) is 0 Å². The smallest absolute Gasteiger partial charge is 0.240 e. The van der Waals surface area contributed by atoms with Gasteiger partial charge in [0.1, 0.15) is 12.1 Å². The molecule has 17 atom stereocenters. The van der Waals surface area contributed by atoms with Crippen LogP contribution >= 0.6 is 0 Å². The van der Waals surface area contributed by atoms with Crippen LogP contribution in [-0.4, -0.2) is 171 Å². The number of rotatable bonds is 18. The number of amides is 2. The summed E-state index contributed by atoms with van der Waals surface area (Å²) in [6.07, 6.45) is 11.9. The van der Waals surface area contributed by atoms with Crippen LogP contribution in [0.15, 0.2) is 0 Å². The first kappa shape index (κ1) is 49.0. The first-order chi connectivity index (χ1) is 29.0. The Bertz CT molecular complexity index is 1420. The van der Waals surface area contributed by atoms with Crippen molar-refractivity contribution in [3.8, 4) is 0 Å². The Labute approximate surface area is 369 Å². The second-order valence-electron chi connectivity index (χ2n) is 22.2. The summed E-state index contributed by atoms with van der Waals surface area (Å²) >= 11 is 0. The fraction of sp³-hybridized carbons (Fsp3) is 0.958. The lowest BCUT2D eigenvalue weighted by molar-refractivity contribution is -0.193. The summed E-state index contributed by atoms with van der Waals surface area (Å²) in [4.78, 5) is 42.2. The van der Waals surface area contributed by atoms with E-state index in [1.54, 1.807) is 12.0 Å². The summed E-state index contributed by atoms with van der Waals surface area (Å²) in [5.74, 6) is 2.17. The number of hydrogen-bond acceptors (Lipinski definition) is 11. The maximum atomic E-state index is 14.5. The SMILES string of the molecule is COC1C(CN2O[C@@H](CO)[C@@H]([C@H](C)O)[C@H]2C(=O)N[C@H]2C[C@H]3C[C@@H]([C@@H]2C)C3(C)C)CCCC1C1CC(C(=O)N[C@@H](CC2CCCC(N(C)CCO)C2)CN(C)C)CC(N(C)C)C1. The number of nitrogens with zero attached hydrogens (tertiary/aromatic N) is 4. The van der Waals surface area contributed by atoms with E-state index in [1.165, 1.54) is 25.7 Å². The van der Waals surface area contributed by atoms with Crippen LogP contribution in [0.3, 0.4) is 0 Å². The third kappa shape index (κ3) is 11.2. The quantitative estimate of drug-likeness (QED) is 0.137. The molecule has 0 aromatic heterocycles. The Kier molecular flexibility index (Phi) is 17.1. The first-order valence-electron chi connectivity index (χ1n) is 24.4. The van der Waals surface area contributed by atoms with Gasteiger partial charge in [-0.2, -0.15) is 5.06 Å². The Morgan fingerprint density at radius 2 is 1.67 bits per heavy atom. The van der Waals surface area contributed by atoms with Crippen LogP contribution in [0.5, 0.6) is 0 Å². The average Bonchev–Trinajstić information content (AvgIpc) is 3.59. The molecule has 0 aromatic rings. The number of aliphatic hydroxyl groups excluding tert-OH is 3. The lowest BCUT2D eigenvalue weighted by Crippen LogP contribution is -2.62. The van der Waals surface area contributed by atoms with Crippen molar-refractivity contribution >= 4 is 11.8 Å². The van der Waals surface area contributed by atoms with Gasteiger partial charge in [0, 0.05) is 68.7 Å². The van der Waals surface area contributed by atoms with Gasteiger partial charge in [-0.1, -0.05) is 40.0 Å². The van der Waals surface area contributed by atoms with Gasteiger partial charge in [0.05, 0.1) is 25.4 Å². The molecule has 0 spiro atoms. The number of hydrogen-bond donors (Lipinski definition) is 5. The highest BCUT2D eigenvalue weighted by Crippen LogP contribution is 2.61. The molecule has 1 saturated heterocycles. The topological polar surface area (TPSA) is 150 Å². The summed E-state index contributed by atoms with van der Waals surface area (Å²) in [5, 5.41) is 39.9. The Morgan fingerprint density at radius 3 is 2.30 bits per heavy atom. The molecule has 7 aliphatic rings. The van der Waals surface area contributed by atoms with Crippen LogP contribution < -0.4 is 10.6 Å². The zero-order valence-electron chi connectivity index (χ0n) is 39.8. The number of hydroxylamine groups is 2. The highest BCUT2D eigenvalue weighted by Gasteiger charge is 2.58. The molecule has 352 valence electrons. The number of methoxy groups -OCH3 is 1. The minimum absolute atomic E-state index is 0.0775. The number of carbonyl (C=O) groups excluding carboxylic acids is 2. The number of fused-ring (bicyclic) bond motifs is 2. The lowest BCUT2D eigenvalue weighted by Gasteiger charge is -2.62. The molecule has 61 heavy (non-hydrogen) atoms. The van der Waals surface area contributed by atoms with Gasteiger partial charge in [-0.15, -0.1) is 0 Å². The van der Waals surface area contributed by atoms with Crippen LogP contribution in [0.2, 0.25) is 0 Å². The lowest BCUT2D eigenvalue weighted by atomic mass is 9.45. The molecule has 7 rings (SSSR count). The van der Waals surface area contributed by atoms with E-state index in [4.69, 9.17) is 9.57 Å². The number of carbonyl (C=O) groups is 2. The molecule has 7 fully saturated rings. The van der Waals surface area contributed by atoms with E-state index in [9.17, 15) is 24.9 Å². The maximum absolute atomic E-state index is 14.5. The van der Waals surface area contributed by atoms with Crippen LogP contribution in [0.4, 0.5) is 0 Å². The Hall–Kier alpha value is -1.42. The number of nitrogens with one attached hydrogen (secondary N) is 2. The first-order valence-corrected chi connectivity index (χ1v) is 24.4. The zero-order chi connectivity index (χ0) is 44.3. The average molecular weight is 861 g/mol. The molecular formula is C48H88N6O7. The van der Waals surface area contributed by atoms with Gasteiger partial charge in [0.15, 0.2) is 0 Å². The molecule has 2 amide bonds. The van der Waals surface area contributed by atoms with E-state index in [1.807, 2.05) is 7.11 Å². The van der Waals surface area contributed by atoms with Gasteiger partial charge in [-0.05, 0) is 147 Å². The van der Waals surface area contributed by atoms with Crippen molar-refractivity contribution in [3.63, 3.8) is 0 Å². The Morgan fingerprint density at radius 1 is 0.934 bits per heavy atom. The fourth-order valence-corrected chi connectivity index (χ4v) is 14.0. The molecule has 13 heteroatoms. The molecule has 0 radical (unpaired) electrons. The molecule has 13 nitrogen and oxygen atoms in total. The normalized spacial score (nSPS) is 40.2. The summed E-state index contributed by atoms with van der Waals surface area (Å²) in [6, 6.07) is 0.213. The summed E-state index contributed by atoms with van der Waals surface area (Å²) < 4.78 is 6.48. The number of ether oxygens (including phenoxy) is 1. The summed E-state index contributed by atoms with van der Waals surface area (Å²) in [7, 11) is 12.4. The van der Waals surface area contributed by atoms with Gasteiger partial charge in [0.2, 0.25) is 11.8 Å². The van der Waals surface area contributed by atoms with E-state index in [0.717, 1.165) is 64.3 Å². The molecule has 1 aliphatic heterocycles. The molecule has 5 N–H and O–H groups in total. The molecule has 6 saturated carbocycles. The predicted molar refractivity (Wildman–Crippen MR) is 239 cm³/mol. The third-order valence-electron chi connectivity index (χ3n) is 17.6. The van der Waals surface area contributed by atoms with Crippen LogP contribution in [0.25, 0.3) is 0 Å². The Balaban J connectivity index is 1.14. The maximum Gasteiger partial charge on any atom is 0.240 e. The van der Waals surface area contributed by atoms with E-state index in [-0.39, 0.29) is 67.0 Å². The minimum atomic E-state index is -0.838. The van der Waals surface area contributed by atoms with E-state index in [2.05, 4.69) is 81.3 Å². The number of aliphatic hydroxyl groups is 3. The zero-order valence-corrected chi connectivity index (χ0v) is 39.8. The van der Waals surface area contributed by atoms with Gasteiger partial charge in [-0.3, -0.25) is 14.4 Å². The van der Waals surface area contributed by atoms with Crippen molar-refractivity contribution in [2.75, 3.05) is 75.2 Å². The second kappa shape index (κ2) is 21.3. The monoisotopic (exact) mass is 861 g/mol. The summed E-state index contributed by atoms with van der Waals surface area (Å²) in [6.45, 7) is 10.6. The van der Waals surface area contributed by atoms with Gasteiger partial charge >= 0.3 is 0 Å². The number of likely N-dealkylation sites (N-methyl/N-ethyl adjacent to an activating group) is 2. The van der Waals surface area contributed by atoms with Crippen LogP contribution in [0, 0.1) is 58.7 Å². The third-order valence-corrected chi connectivity index (χ3v) is 17.6. The standard InChI is InChI=1S/C48H88N6O7/c1-29-40-24-35(48(40,3)4)25-41(29)50-47(59)44-43(30(2)57)42(28-56)61-54(44)26-32-14-12-16-39(45(32)60-10)33-21-34(23-38(22-33)52(7)8)46(58)49-36(27-51(5)6)19-31-13-11-15-37(20-31)53(9)17-18-55/h29-45,55-57H,11-28H2,1-10H3,(H,49,58)(H,50,59)/t29-,30-,31?,32?,33?,34?,35+,36-,37?,38?,39?,40-,41-,42-,43+,44-,45?/m0/s1. The summed E-state index contributed by atoms with van der Waals surface area (Å²) in [5.41, 5.74) is 0.307. The minimum Gasteiger partial charge on any atom is -0.395 e. The van der Waals surface area contributed by atoms with E-state index in [0.29, 0.717) is 54.1 Å². The van der Waals surface area contributed by atoms with Crippen molar-refractivity contribution in [2.24, 2.45) is 58.7 Å². The predicted octanol–water partition coefficient (Wildman–Crippen LogP) is 3.84. The highest BCUT2D eigenvalue weighted by molar-refractivity contribution is 5.83. The van der Waals surface area contributed by atoms with E-state index < -0.39 is 24.2 Å². The van der Waals surface area contributed by atoms with E-state index >= 15 is 0 Å². The highest BCUT2D eigenvalue weighted by atomic mass is 16.7. The van der Waals surface area contributed by atoms with Crippen LogP contribution in [-0.2, 0) is 19.2 Å². The van der Waals surface area contributed by atoms with Crippen molar-refractivity contribution in [2.45, 2.75) is 160 Å². The molecule has 6 aliphatic carbocycles. The van der Waals surface area contributed by atoms with Gasteiger partial charge in [-0.25, -0.2) is 0 Å². The fourth-order valence-electron chi connectivity index (χ4n) is 14.0. The molecule has 2 bridgehead atoms. The molecule has 8 unspecified atom stereocenters. The second-order valence-corrected chi connectivity index (χ2v) is 22.2. The van der Waals surface area contributed by atoms with Crippen molar-refractivity contribution in [1.29, 1.82) is 0 Å². The molecule has 0 aromatic carbocycles. The van der Waals surface area contributed by atoms with Crippen molar-refractivity contribution in [1.82, 2.24) is 30.4 Å². The van der Waals surface area contributed by atoms with Crippen molar-refractivity contribution < 1.29 is 34.5 Å². The molecule has 1 heterocycles. The molecular weight excluding hydrogens is 773 g/mol.